The Morgan fingerprint density at radius 1 is 0.519 bits per heavy atom. The molecule has 0 unspecified atom stereocenters. The zero-order chi connectivity index (χ0) is 56.8. The average molecular weight is 1140 g/mol. The van der Waals surface area contributed by atoms with Crippen LogP contribution < -0.4 is 61.6 Å². The van der Waals surface area contributed by atoms with E-state index in [0.717, 1.165) is 0 Å². The van der Waals surface area contributed by atoms with Gasteiger partial charge in [0.1, 0.15) is 25.9 Å². The molecular formula is C45H61N9O20S3. The van der Waals surface area contributed by atoms with Gasteiger partial charge < -0.3 is 80.9 Å². The van der Waals surface area contributed by atoms with Gasteiger partial charge in [0.05, 0.1) is 33.0 Å². The Hall–Kier alpha value is -7.13. The molecule has 0 bridgehead atoms. The van der Waals surface area contributed by atoms with Gasteiger partial charge in [-0.1, -0.05) is 0 Å². The number of rotatable bonds is 25. The van der Waals surface area contributed by atoms with Gasteiger partial charge in [0.25, 0.3) is 17.1 Å². The van der Waals surface area contributed by atoms with Crippen LogP contribution in [-0.4, -0.2) is 139 Å². The monoisotopic (exact) mass is 1140 g/mol. The number of carbonyl (C=O) groups is 4. The Morgan fingerprint density at radius 2 is 0.779 bits per heavy atom. The molecule has 3 aromatic carbocycles. The van der Waals surface area contributed by atoms with E-state index in [1.54, 1.807) is 39.0 Å². The van der Waals surface area contributed by atoms with Gasteiger partial charge in [0, 0.05) is 81.4 Å². The van der Waals surface area contributed by atoms with Crippen molar-refractivity contribution in [3.05, 3.63) is 83.4 Å². The number of thioether (sulfide) groups is 3. The molecule has 77 heavy (non-hydrogen) atoms. The van der Waals surface area contributed by atoms with Gasteiger partial charge in [-0.2, -0.15) is 35.3 Å². The van der Waals surface area contributed by atoms with E-state index < -0.39 is 45.1 Å². The minimum Gasteiger partial charge on any atom is -0.480 e. The highest BCUT2D eigenvalue weighted by molar-refractivity contribution is 8.00. The Kier molecular flexibility index (Phi) is 25.3. The lowest BCUT2D eigenvalue weighted by molar-refractivity contribution is -0.385. The number of alkyl carbamates (subject to hydrolysis) is 3. The predicted molar refractivity (Wildman–Crippen MR) is 281 cm³/mol. The number of nitrogens with zero attached hydrogens (tertiary/aromatic N) is 3. The molecule has 32 heteroatoms. The molecule has 3 heterocycles. The highest BCUT2D eigenvalue weighted by Gasteiger charge is 2.29. The number of aliphatic carboxylic acids is 1. The number of nitro groups is 3. The van der Waals surface area contributed by atoms with Crippen molar-refractivity contribution < 1.29 is 81.7 Å². The van der Waals surface area contributed by atoms with Gasteiger partial charge in [-0.3, -0.25) is 35.1 Å². The topological polar surface area (TPSA) is 415 Å². The molecule has 0 saturated carbocycles. The van der Waals surface area contributed by atoms with E-state index in [4.69, 9.17) is 64.9 Å². The zero-order valence-electron chi connectivity index (χ0n) is 42.4. The van der Waals surface area contributed by atoms with Crippen LogP contribution in [0, 0.1) is 30.3 Å². The molecular weight excluding hydrogens is 1080 g/mol. The molecule has 0 fully saturated rings. The number of carbonyl (C=O) groups excluding carboxylic acids is 3. The predicted octanol–water partition coefficient (Wildman–Crippen LogP) is 5.64. The minimum atomic E-state index is -1.23. The van der Waals surface area contributed by atoms with E-state index in [1.165, 1.54) is 53.5 Å². The maximum Gasteiger partial charge on any atom is 0.407 e. The second kappa shape index (κ2) is 31.2. The molecule has 3 aliphatic rings. The summed E-state index contributed by atoms with van der Waals surface area (Å²) in [6, 6.07) is 7.45. The average Bonchev–Trinajstić information content (AvgIpc) is 4.18. The van der Waals surface area contributed by atoms with E-state index in [9.17, 15) is 49.5 Å². The molecule has 3 aliphatic heterocycles. The van der Waals surface area contributed by atoms with Gasteiger partial charge in [0.2, 0.25) is 20.4 Å². The molecule has 0 aliphatic carbocycles. The summed E-state index contributed by atoms with van der Waals surface area (Å²) >= 11 is 4.24. The number of carboxylic acid groups (broad SMARTS) is 1. The lowest BCUT2D eigenvalue weighted by Crippen LogP contribution is -2.42. The number of fused-ring (bicyclic) bond motifs is 3. The zero-order valence-corrected chi connectivity index (χ0v) is 44.9. The van der Waals surface area contributed by atoms with Gasteiger partial charge in [-0.15, -0.1) is 0 Å². The van der Waals surface area contributed by atoms with Crippen LogP contribution in [0.15, 0.2) is 36.4 Å². The first-order valence-electron chi connectivity index (χ1n) is 23.4. The number of benzene rings is 3. The molecule has 3 aromatic rings. The summed E-state index contributed by atoms with van der Waals surface area (Å²) in [6.45, 7) is 10.0. The van der Waals surface area contributed by atoms with Crippen LogP contribution in [0.3, 0.4) is 0 Å². The number of hydrogen-bond donors (Lipinski definition) is 7. The molecule has 29 nitrogen and oxygen atoms in total. The van der Waals surface area contributed by atoms with E-state index in [1.807, 2.05) is 13.8 Å². The molecule has 0 spiro atoms. The number of carboxylic acids is 1. The molecule has 0 saturated heterocycles. The smallest absolute Gasteiger partial charge is 0.407 e. The van der Waals surface area contributed by atoms with Gasteiger partial charge in [0.15, 0.2) is 34.5 Å². The van der Waals surface area contributed by atoms with E-state index >= 15 is 0 Å². The maximum atomic E-state index is 11.4. The number of nitro benzene ring substituents is 3. The summed E-state index contributed by atoms with van der Waals surface area (Å²) in [6.07, 6.45) is -1.84. The van der Waals surface area contributed by atoms with Gasteiger partial charge in [-0.25, -0.2) is 14.4 Å². The Morgan fingerprint density at radius 3 is 1.03 bits per heavy atom. The van der Waals surface area contributed by atoms with Crippen molar-refractivity contribution in [3.8, 4) is 34.5 Å². The van der Waals surface area contributed by atoms with Crippen molar-refractivity contribution in [2.75, 3.05) is 77.1 Å². The highest BCUT2D eigenvalue weighted by Crippen LogP contribution is 2.46. The van der Waals surface area contributed by atoms with Crippen molar-refractivity contribution in [3.63, 3.8) is 0 Å². The summed E-state index contributed by atoms with van der Waals surface area (Å²) < 4.78 is 46.3. The minimum absolute atomic E-state index is 0.0140. The Balaban J connectivity index is 0.000000250. The first-order chi connectivity index (χ1) is 36.6. The maximum absolute atomic E-state index is 11.4. The quantitative estimate of drug-likeness (QED) is 0.0233. The summed E-state index contributed by atoms with van der Waals surface area (Å²) in [5.41, 5.74) is 17.8. The first kappa shape index (κ1) is 62.4. The van der Waals surface area contributed by atoms with Crippen molar-refractivity contribution in [2.45, 2.75) is 68.5 Å². The van der Waals surface area contributed by atoms with E-state index in [0.29, 0.717) is 81.5 Å². The first-order valence-corrected chi connectivity index (χ1v) is 26.5. The van der Waals surface area contributed by atoms with Crippen LogP contribution >= 0.6 is 35.3 Å². The molecule has 6 rings (SSSR count). The standard InChI is InChI=1S/C15H19N3O8S.2C15H21N3O6S/c1-8(27-3-2-24-15(21)17-6-10(16)14(19)20)9-4-12-13(26-7-25-12)5-11(9)18(22)23;2*1-9(16)7-17-15(19)22-3-4-25-10(2)11-5-13-14(24-8-23-13)6-12(11)18(20)21/h4-5,8,10H,2-3,6-7,16H2,1H3,(H,17,21)(H,19,20);2*5-6,9-10H,3-4,7-8,16H2,1-2H3,(H,17,19)/t8-,10-;9-,10+;9-,10-/m111/s1. The third kappa shape index (κ3) is 20.4. The van der Waals surface area contributed by atoms with Crippen LogP contribution in [0.5, 0.6) is 34.5 Å². The van der Waals surface area contributed by atoms with Gasteiger partial charge >= 0.3 is 24.2 Å². The fraction of sp³-hybridized carbons (Fsp3) is 0.511. The number of nitrogens with two attached hydrogens (primary N) is 3. The van der Waals surface area contributed by atoms with Gasteiger partial charge in [-0.05, 0) is 52.8 Å². The number of ether oxygens (including phenoxy) is 9. The number of nitrogens with one attached hydrogen (secondary N) is 3. The number of hydrogen-bond acceptors (Lipinski definition) is 25. The third-order valence-corrected chi connectivity index (χ3v) is 13.9. The van der Waals surface area contributed by atoms with Crippen LogP contribution in [0.25, 0.3) is 0 Å². The van der Waals surface area contributed by atoms with Crippen molar-refractivity contribution >= 4 is 76.6 Å². The fourth-order valence-corrected chi connectivity index (χ4v) is 9.27. The molecule has 10 N–H and O–H groups in total. The third-order valence-electron chi connectivity index (χ3n) is 10.4. The fourth-order valence-electron chi connectivity index (χ4n) is 6.56. The van der Waals surface area contributed by atoms with Crippen LogP contribution in [0.1, 0.15) is 67.1 Å². The van der Waals surface area contributed by atoms with Crippen molar-refractivity contribution in [1.82, 2.24) is 16.0 Å². The Labute approximate surface area is 453 Å². The lowest BCUT2D eigenvalue weighted by Gasteiger charge is -2.13. The summed E-state index contributed by atoms with van der Waals surface area (Å²) in [5.74, 6) is 2.69. The highest BCUT2D eigenvalue weighted by atomic mass is 32.2. The molecule has 0 aromatic heterocycles. The van der Waals surface area contributed by atoms with E-state index in [-0.39, 0.29) is 91.6 Å². The molecule has 424 valence electrons. The molecule has 6 atom stereocenters. The summed E-state index contributed by atoms with van der Waals surface area (Å²) in [4.78, 5) is 77.3. The SMILES string of the molecule is C[C@@H](N)CNC(=O)OCCS[C@H](C)c1cc2c(cc1[N+](=O)[O-])OCO2.C[C@@H](SCCOC(=O)NC[C@@H](N)C(=O)O)c1cc2c(cc1[N+](=O)[O-])OCO2.C[C@H](SCCOC(=O)NC[C@@H](C)N)c1cc2c(cc1[N+](=O)[O-])OCO2. The van der Waals surface area contributed by atoms with E-state index in [2.05, 4.69) is 16.0 Å². The second-order valence-electron chi connectivity index (χ2n) is 16.6. The molecule has 0 radical (unpaired) electrons. The number of amides is 3. The summed E-state index contributed by atoms with van der Waals surface area (Å²) in [5, 5.41) is 49.2. The largest absolute Gasteiger partial charge is 0.480 e. The second-order valence-corrected chi connectivity index (χ2v) is 20.9. The molecule has 3 amide bonds. The van der Waals surface area contributed by atoms with Crippen LogP contribution in [-0.2, 0) is 19.0 Å². The normalized spacial score (nSPS) is 14.5. The van der Waals surface area contributed by atoms with Crippen LogP contribution in [0.4, 0.5) is 31.4 Å². The van der Waals surface area contributed by atoms with Crippen molar-refractivity contribution in [1.29, 1.82) is 0 Å². The van der Waals surface area contributed by atoms with Crippen LogP contribution in [0.2, 0.25) is 0 Å². The van der Waals surface area contributed by atoms with Crippen molar-refractivity contribution in [2.24, 2.45) is 17.2 Å². The Bertz CT molecular complexity index is 2440. The lowest BCUT2D eigenvalue weighted by atomic mass is 10.1. The summed E-state index contributed by atoms with van der Waals surface area (Å²) in [7, 11) is 0.